The van der Waals surface area contributed by atoms with Crippen LogP contribution in [-0.4, -0.2) is 18.5 Å². The van der Waals surface area contributed by atoms with Crippen LogP contribution in [0.15, 0.2) is 24.3 Å². The van der Waals surface area contributed by atoms with Crippen LogP contribution >= 0.6 is 12.4 Å². The van der Waals surface area contributed by atoms with Crippen LogP contribution in [0.4, 0.5) is 13.2 Å². The van der Waals surface area contributed by atoms with Crippen LogP contribution < -0.4 is 10.6 Å². The van der Waals surface area contributed by atoms with E-state index in [2.05, 4.69) is 10.6 Å². The number of halogens is 4. The van der Waals surface area contributed by atoms with Crippen LogP contribution in [0.25, 0.3) is 0 Å². The van der Waals surface area contributed by atoms with Crippen molar-refractivity contribution in [3.8, 4) is 0 Å². The molecule has 2 atom stereocenters. The molecule has 1 aliphatic heterocycles. The van der Waals surface area contributed by atoms with Crippen LogP contribution in [0.2, 0.25) is 0 Å². The molecular formula is C15H20ClF3N2O. The second kappa shape index (κ2) is 7.83. The first-order chi connectivity index (χ1) is 9.88. The van der Waals surface area contributed by atoms with Gasteiger partial charge >= 0.3 is 6.18 Å². The van der Waals surface area contributed by atoms with Gasteiger partial charge in [-0.15, -0.1) is 12.4 Å². The molecule has 0 aromatic heterocycles. The first-order valence-electron chi connectivity index (χ1n) is 7.09. The Hall–Kier alpha value is -1.27. The molecule has 1 fully saturated rings. The van der Waals surface area contributed by atoms with E-state index in [1.807, 2.05) is 0 Å². The van der Waals surface area contributed by atoms with Crippen molar-refractivity contribution in [2.24, 2.45) is 0 Å². The maximum absolute atomic E-state index is 12.5. The fraction of sp³-hybridized carbons (Fsp3) is 0.533. The molecule has 0 spiro atoms. The zero-order chi connectivity index (χ0) is 15.5. The molecule has 0 bridgehead atoms. The molecular weight excluding hydrogens is 317 g/mol. The number of alkyl halides is 3. The molecule has 1 unspecified atom stereocenters. The van der Waals surface area contributed by atoms with Crippen molar-refractivity contribution in [1.82, 2.24) is 10.6 Å². The lowest BCUT2D eigenvalue weighted by atomic mass is 10.0. The van der Waals surface area contributed by atoms with Crippen LogP contribution in [0.1, 0.15) is 43.4 Å². The average molecular weight is 337 g/mol. The molecule has 1 aromatic carbocycles. The molecule has 0 saturated carbocycles. The lowest BCUT2D eigenvalue weighted by Crippen LogP contribution is -2.47. The van der Waals surface area contributed by atoms with Crippen molar-refractivity contribution < 1.29 is 18.0 Å². The lowest BCUT2D eigenvalue weighted by Gasteiger charge is -2.24. The minimum absolute atomic E-state index is 0. The predicted octanol–water partition coefficient (Wildman–Crippen LogP) is 3.45. The van der Waals surface area contributed by atoms with Crippen molar-refractivity contribution >= 4 is 18.3 Å². The summed E-state index contributed by atoms with van der Waals surface area (Å²) in [5.74, 6) is -0.0953. The largest absolute Gasteiger partial charge is 0.416 e. The molecule has 0 aliphatic carbocycles. The van der Waals surface area contributed by atoms with Crippen LogP contribution in [0, 0.1) is 0 Å². The molecule has 2 rings (SSSR count). The van der Waals surface area contributed by atoms with Gasteiger partial charge in [0.15, 0.2) is 0 Å². The maximum atomic E-state index is 12.5. The molecule has 3 nitrogen and oxygen atoms in total. The number of carbonyl (C=O) groups excluding carboxylic acids is 1. The van der Waals surface area contributed by atoms with Crippen LogP contribution in [-0.2, 0) is 11.0 Å². The number of rotatable bonds is 3. The Balaban J connectivity index is 0.00000242. The number of nitrogens with one attached hydrogen (secondary N) is 2. The molecule has 1 amide bonds. The van der Waals surface area contributed by atoms with Gasteiger partial charge in [-0.1, -0.05) is 18.6 Å². The third-order valence-corrected chi connectivity index (χ3v) is 3.72. The molecule has 1 aromatic rings. The summed E-state index contributed by atoms with van der Waals surface area (Å²) in [5, 5.41) is 5.99. The summed E-state index contributed by atoms with van der Waals surface area (Å²) >= 11 is 0. The Morgan fingerprint density at radius 3 is 2.41 bits per heavy atom. The fourth-order valence-electron chi connectivity index (χ4n) is 2.43. The minimum Gasteiger partial charge on any atom is -0.348 e. The summed E-state index contributed by atoms with van der Waals surface area (Å²) in [6.07, 6.45) is -1.46. The highest BCUT2D eigenvalue weighted by molar-refractivity contribution is 5.85. The Labute approximate surface area is 134 Å². The second-order valence-electron chi connectivity index (χ2n) is 5.35. The van der Waals surface area contributed by atoms with E-state index in [0.717, 1.165) is 37.9 Å². The van der Waals surface area contributed by atoms with Gasteiger partial charge in [0.2, 0.25) is 5.91 Å². The standard InChI is InChI=1S/C15H19F3N2O.ClH/c1-10(20-14(21)13-4-2-3-9-19-13)11-5-7-12(8-6-11)15(16,17)18;/h5-8,10,13,19H,2-4,9H2,1H3,(H,20,21);1H/t10?,13-;/m1./s1. The topological polar surface area (TPSA) is 41.1 Å². The fourth-order valence-corrected chi connectivity index (χ4v) is 2.43. The summed E-state index contributed by atoms with van der Waals surface area (Å²) in [6, 6.07) is 4.37. The monoisotopic (exact) mass is 336 g/mol. The first kappa shape index (κ1) is 18.8. The van der Waals surface area contributed by atoms with Crippen molar-refractivity contribution in [3.63, 3.8) is 0 Å². The Morgan fingerprint density at radius 1 is 1.27 bits per heavy atom. The number of amides is 1. The third-order valence-electron chi connectivity index (χ3n) is 3.72. The summed E-state index contributed by atoms with van der Waals surface area (Å²) in [6.45, 7) is 2.59. The molecule has 0 radical (unpaired) electrons. The van der Waals surface area contributed by atoms with Gasteiger partial charge in [-0.25, -0.2) is 0 Å². The smallest absolute Gasteiger partial charge is 0.348 e. The van der Waals surface area contributed by atoms with E-state index < -0.39 is 11.7 Å². The zero-order valence-corrected chi connectivity index (χ0v) is 13.1. The van der Waals surface area contributed by atoms with Gasteiger partial charge in [0.05, 0.1) is 17.6 Å². The number of carbonyl (C=O) groups is 1. The molecule has 124 valence electrons. The van der Waals surface area contributed by atoms with E-state index in [1.165, 1.54) is 12.1 Å². The number of benzene rings is 1. The number of piperidine rings is 1. The summed E-state index contributed by atoms with van der Waals surface area (Å²) in [4.78, 5) is 12.1. The van der Waals surface area contributed by atoms with Gasteiger partial charge in [0, 0.05) is 0 Å². The molecule has 22 heavy (non-hydrogen) atoms. The van der Waals surface area contributed by atoms with Gasteiger partial charge in [0.1, 0.15) is 0 Å². The van der Waals surface area contributed by atoms with E-state index in [4.69, 9.17) is 0 Å². The van der Waals surface area contributed by atoms with Crippen molar-refractivity contribution in [2.45, 2.75) is 44.4 Å². The summed E-state index contributed by atoms with van der Waals surface area (Å²) in [5.41, 5.74) is -0.0223. The summed E-state index contributed by atoms with van der Waals surface area (Å²) in [7, 11) is 0. The zero-order valence-electron chi connectivity index (χ0n) is 12.2. The van der Waals surface area contributed by atoms with Crippen molar-refractivity contribution in [3.05, 3.63) is 35.4 Å². The normalized spacial score (nSPS) is 19.9. The summed E-state index contributed by atoms with van der Waals surface area (Å²) < 4.78 is 37.5. The molecule has 1 saturated heterocycles. The molecule has 2 N–H and O–H groups in total. The molecule has 1 aliphatic rings. The van der Waals surface area contributed by atoms with Crippen molar-refractivity contribution in [2.75, 3.05) is 6.54 Å². The molecule has 1 heterocycles. The highest BCUT2D eigenvalue weighted by atomic mass is 35.5. The van der Waals surface area contributed by atoms with E-state index >= 15 is 0 Å². The highest BCUT2D eigenvalue weighted by Gasteiger charge is 2.30. The number of hydrogen-bond acceptors (Lipinski definition) is 2. The number of hydrogen-bond donors (Lipinski definition) is 2. The van der Waals surface area contributed by atoms with Crippen LogP contribution in [0.3, 0.4) is 0 Å². The highest BCUT2D eigenvalue weighted by Crippen LogP contribution is 2.29. The second-order valence-corrected chi connectivity index (χ2v) is 5.35. The average Bonchev–Trinajstić information content (AvgIpc) is 2.47. The van der Waals surface area contributed by atoms with Crippen LogP contribution in [0.5, 0.6) is 0 Å². The Kier molecular flexibility index (Phi) is 6.68. The van der Waals surface area contributed by atoms with E-state index in [9.17, 15) is 18.0 Å². The van der Waals surface area contributed by atoms with Gasteiger partial charge in [-0.2, -0.15) is 13.2 Å². The van der Waals surface area contributed by atoms with Gasteiger partial charge in [-0.3, -0.25) is 4.79 Å². The van der Waals surface area contributed by atoms with Crippen molar-refractivity contribution in [1.29, 1.82) is 0 Å². The van der Waals surface area contributed by atoms with E-state index in [0.29, 0.717) is 5.56 Å². The SMILES string of the molecule is CC(NC(=O)[C@H]1CCCCN1)c1ccc(C(F)(F)F)cc1.Cl. The quantitative estimate of drug-likeness (QED) is 0.887. The van der Waals surface area contributed by atoms with Gasteiger partial charge in [-0.05, 0) is 44.0 Å². The molecule has 7 heteroatoms. The van der Waals surface area contributed by atoms with Gasteiger partial charge < -0.3 is 10.6 Å². The third kappa shape index (κ3) is 4.88. The maximum Gasteiger partial charge on any atom is 0.416 e. The first-order valence-corrected chi connectivity index (χ1v) is 7.09. The van der Waals surface area contributed by atoms with E-state index in [-0.39, 0.29) is 30.4 Å². The van der Waals surface area contributed by atoms with E-state index in [1.54, 1.807) is 6.92 Å². The Morgan fingerprint density at radius 2 is 1.91 bits per heavy atom. The van der Waals surface area contributed by atoms with Gasteiger partial charge in [0.25, 0.3) is 0 Å². The predicted molar refractivity (Wildman–Crippen MR) is 80.9 cm³/mol. The Bertz CT molecular complexity index is 485. The lowest BCUT2D eigenvalue weighted by molar-refractivity contribution is -0.137. The minimum atomic E-state index is -4.34.